The first kappa shape index (κ1) is 21.6. The number of amides is 4. The topological polar surface area (TPSA) is 75.7 Å². The molecular formula is C24H16Cl2N2O4. The van der Waals surface area contributed by atoms with E-state index in [4.69, 9.17) is 27.9 Å². The van der Waals surface area contributed by atoms with Gasteiger partial charge in [-0.2, -0.15) is 0 Å². The van der Waals surface area contributed by atoms with Gasteiger partial charge in [-0.05, 0) is 47.5 Å². The molecule has 0 atom stereocenters. The van der Waals surface area contributed by atoms with Crippen molar-refractivity contribution < 1.29 is 19.1 Å². The molecule has 0 bridgehead atoms. The average Bonchev–Trinajstić information content (AvgIpc) is 2.77. The number of barbiturate groups is 1. The maximum atomic E-state index is 12.9. The van der Waals surface area contributed by atoms with E-state index in [1.807, 2.05) is 30.3 Å². The molecule has 1 aliphatic rings. The summed E-state index contributed by atoms with van der Waals surface area (Å²) in [5.74, 6) is -1.09. The zero-order valence-electron chi connectivity index (χ0n) is 16.5. The summed E-state index contributed by atoms with van der Waals surface area (Å²) in [6, 6.07) is 19.9. The highest BCUT2D eigenvalue weighted by Gasteiger charge is 2.36. The Hall–Kier alpha value is -3.61. The summed E-state index contributed by atoms with van der Waals surface area (Å²) in [6.07, 6.45) is 1.37. The van der Waals surface area contributed by atoms with Crippen molar-refractivity contribution in [3.05, 3.63) is 99.5 Å². The highest BCUT2D eigenvalue weighted by Crippen LogP contribution is 2.29. The molecule has 0 aromatic heterocycles. The Morgan fingerprint density at radius 3 is 2.41 bits per heavy atom. The summed E-state index contributed by atoms with van der Waals surface area (Å²) < 4.78 is 5.75. The van der Waals surface area contributed by atoms with E-state index in [2.05, 4.69) is 5.32 Å². The van der Waals surface area contributed by atoms with Crippen LogP contribution in [0.3, 0.4) is 0 Å². The number of urea groups is 1. The van der Waals surface area contributed by atoms with Gasteiger partial charge in [-0.1, -0.05) is 65.7 Å². The van der Waals surface area contributed by atoms with Gasteiger partial charge in [0, 0.05) is 5.02 Å². The Balaban J connectivity index is 1.57. The number of nitrogens with one attached hydrogen (secondary N) is 1. The molecule has 4 amide bonds. The number of anilines is 1. The van der Waals surface area contributed by atoms with Gasteiger partial charge < -0.3 is 4.74 Å². The number of imide groups is 2. The fraction of sp³-hybridized carbons (Fsp3) is 0.0417. The number of benzene rings is 3. The summed E-state index contributed by atoms with van der Waals surface area (Å²) >= 11 is 12.3. The molecule has 6 nitrogen and oxygen atoms in total. The molecule has 3 aromatic carbocycles. The fourth-order valence-electron chi connectivity index (χ4n) is 3.13. The normalized spacial score (nSPS) is 15.1. The van der Waals surface area contributed by atoms with Crippen molar-refractivity contribution in [3.63, 3.8) is 0 Å². The van der Waals surface area contributed by atoms with Crippen molar-refractivity contribution in [3.8, 4) is 5.75 Å². The maximum Gasteiger partial charge on any atom is 0.335 e. The summed E-state index contributed by atoms with van der Waals surface area (Å²) in [5.41, 5.74) is 1.53. The minimum atomic E-state index is -0.845. The van der Waals surface area contributed by atoms with Gasteiger partial charge in [0.05, 0.1) is 10.7 Å². The molecule has 0 radical (unpaired) electrons. The number of carbonyl (C=O) groups is 3. The number of rotatable bonds is 5. The first-order valence-corrected chi connectivity index (χ1v) is 10.3. The molecule has 8 heteroatoms. The van der Waals surface area contributed by atoms with Gasteiger partial charge in [-0.3, -0.25) is 14.9 Å². The van der Waals surface area contributed by atoms with Crippen LogP contribution in [0, 0.1) is 0 Å². The second kappa shape index (κ2) is 9.26. The quantitative estimate of drug-likeness (QED) is 0.412. The highest BCUT2D eigenvalue weighted by atomic mass is 35.5. The van der Waals surface area contributed by atoms with Crippen LogP contribution in [0.1, 0.15) is 11.1 Å². The zero-order valence-corrected chi connectivity index (χ0v) is 18.1. The van der Waals surface area contributed by atoms with Crippen molar-refractivity contribution in [2.75, 3.05) is 4.90 Å². The predicted molar refractivity (Wildman–Crippen MR) is 123 cm³/mol. The molecule has 1 fully saturated rings. The number of halogens is 2. The van der Waals surface area contributed by atoms with Crippen LogP contribution in [-0.4, -0.2) is 17.8 Å². The third-order valence-electron chi connectivity index (χ3n) is 4.67. The van der Waals surface area contributed by atoms with Crippen molar-refractivity contribution in [1.29, 1.82) is 0 Å². The number of carbonyl (C=O) groups excluding carboxylic acids is 3. The van der Waals surface area contributed by atoms with Crippen LogP contribution in [0.15, 0.2) is 78.4 Å². The number of hydrogen-bond donors (Lipinski definition) is 1. The second-order valence-corrected chi connectivity index (χ2v) is 7.75. The van der Waals surface area contributed by atoms with Crippen LogP contribution in [0.25, 0.3) is 6.08 Å². The molecule has 160 valence electrons. The minimum Gasteiger partial charge on any atom is -0.487 e. The van der Waals surface area contributed by atoms with Gasteiger partial charge in [-0.15, -0.1) is 0 Å². The van der Waals surface area contributed by atoms with Crippen molar-refractivity contribution in [1.82, 2.24) is 5.32 Å². The van der Waals surface area contributed by atoms with Crippen molar-refractivity contribution in [2.24, 2.45) is 0 Å². The monoisotopic (exact) mass is 466 g/mol. The van der Waals surface area contributed by atoms with Crippen molar-refractivity contribution in [2.45, 2.75) is 6.61 Å². The smallest absolute Gasteiger partial charge is 0.335 e. The van der Waals surface area contributed by atoms with E-state index in [-0.39, 0.29) is 11.3 Å². The zero-order chi connectivity index (χ0) is 22.7. The Morgan fingerprint density at radius 2 is 1.69 bits per heavy atom. The number of ether oxygens (including phenoxy) is 1. The molecule has 1 saturated heterocycles. The van der Waals surface area contributed by atoms with Crippen LogP contribution < -0.4 is 15.0 Å². The van der Waals surface area contributed by atoms with E-state index >= 15 is 0 Å². The summed E-state index contributed by atoms with van der Waals surface area (Å²) in [6.45, 7) is 0.346. The summed E-state index contributed by atoms with van der Waals surface area (Å²) in [5, 5.41) is 2.84. The van der Waals surface area contributed by atoms with Gasteiger partial charge in [-0.25, -0.2) is 9.69 Å². The van der Waals surface area contributed by atoms with Gasteiger partial charge in [0.1, 0.15) is 17.9 Å². The lowest BCUT2D eigenvalue weighted by Gasteiger charge is -2.26. The first-order chi connectivity index (χ1) is 15.4. The van der Waals surface area contributed by atoms with Crippen LogP contribution in [-0.2, 0) is 16.2 Å². The van der Waals surface area contributed by atoms with Crippen molar-refractivity contribution >= 4 is 52.8 Å². The van der Waals surface area contributed by atoms with Gasteiger partial charge in [0.15, 0.2) is 0 Å². The predicted octanol–water partition coefficient (Wildman–Crippen LogP) is 5.24. The van der Waals surface area contributed by atoms with E-state index in [1.165, 1.54) is 12.1 Å². The number of nitrogens with zero attached hydrogens (tertiary/aromatic N) is 1. The van der Waals surface area contributed by atoms with E-state index in [0.717, 1.165) is 10.5 Å². The molecular weight excluding hydrogens is 451 g/mol. The standard InChI is InChI=1S/C24H16Cl2N2O4/c25-17-7-4-8-18(13-17)28-23(30)19(22(29)27-24(28)31)11-16-9-10-21(20(26)12-16)32-14-15-5-2-1-3-6-15/h1-13H,14H2,(H,27,29,31)/b19-11+. The first-order valence-electron chi connectivity index (χ1n) is 9.55. The van der Waals surface area contributed by atoms with Gasteiger partial charge >= 0.3 is 6.03 Å². The van der Waals surface area contributed by atoms with Crippen LogP contribution in [0.4, 0.5) is 10.5 Å². The van der Waals surface area contributed by atoms with Gasteiger partial charge in [0.25, 0.3) is 11.8 Å². The van der Waals surface area contributed by atoms with Crippen LogP contribution in [0.2, 0.25) is 10.0 Å². The van der Waals surface area contributed by atoms with E-state index in [0.29, 0.717) is 28.0 Å². The Labute approximate surface area is 194 Å². The second-order valence-electron chi connectivity index (χ2n) is 6.90. The maximum absolute atomic E-state index is 12.9. The summed E-state index contributed by atoms with van der Waals surface area (Å²) in [4.78, 5) is 38.4. The average molecular weight is 467 g/mol. The van der Waals surface area contributed by atoms with E-state index in [1.54, 1.807) is 36.4 Å². The fourth-order valence-corrected chi connectivity index (χ4v) is 3.56. The van der Waals surface area contributed by atoms with Gasteiger partial charge in [0.2, 0.25) is 0 Å². The third-order valence-corrected chi connectivity index (χ3v) is 5.20. The Bertz CT molecular complexity index is 1240. The molecule has 3 aromatic rings. The highest BCUT2D eigenvalue weighted by molar-refractivity contribution is 6.39. The lowest BCUT2D eigenvalue weighted by molar-refractivity contribution is -0.122. The molecule has 1 heterocycles. The SMILES string of the molecule is O=C1NC(=O)N(c2cccc(Cl)c2)C(=O)/C1=C/c1ccc(OCc2ccccc2)c(Cl)c1. The minimum absolute atomic E-state index is 0.210. The van der Waals surface area contributed by atoms with Crippen LogP contribution in [0.5, 0.6) is 5.75 Å². The molecule has 0 saturated carbocycles. The van der Waals surface area contributed by atoms with E-state index < -0.39 is 17.8 Å². The summed E-state index contributed by atoms with van der Waals surface area (Å²) in [7, 11) is 0. The molecule has 1 N–H and O–H groups in total. The molecule has 4 rings (SSSR count). The molecule has 0 aliphatic carbocycles. The Kier molecular flexibility index (Phi) is 6.25. The Morgan fingerprint density at radius 1 is 0.906 bits per heavy atom. The lowest BCUT2D eigenvalue weighted by Crippen LogP contribution is -2.54. The van der Waals surface area contributed by atoms with E-state index in [9.17, 15) is 14.4 Å². The molecule has 1 aliphatic heterocycles. The molecule has 32 heavy (non-hydrogen) atoms. The number of hydrogen-bond acceptors (Lipinski definition) is 4. The molecule has 0 spiro atoms. The van der Waals surface area contributed by atoms with Crippen LogP contribution >= 0.6 is 23.2 Å². The largest absolute Gasteiger partial charge is 0.487 e. The lowest BCUT2D eigenvalue weighted by atomic mass is 10.1. The molecule has 0 unspecified atom stereocenters. The third kappa shape index (κ3) is 4.66.